The number of sulfonamides is 1. The average molecular weight is 443 g/mol. The van der Waals surface area contributed by atoms with Crippen molar-refractivity contribution in [3.8, 4) is 5.75 Å². The van der Waals surface area contributed by atoms with Crippen molar-refractivity contribution in [2.24, 2.45) is 5.92 Å². The minimum atomic E-state index is -3.59. The molecule has 2 fully saturated rings. The van der Waals surface area contributed by atoms with Crippen molar-refractivity contribution in [3.63, 3.8) is 0 Å². The molecule has 1 aliphatic heterocycles. The second-order valence-electron chi connectivity index (χ2n) is 8.41. The average Bonchev–Trinajstić information content (AvgIpc) is 3.65. The minimum absolute atomic E-state index is 0.0933. The number of hydrogen-bond donors (Lipinski definition) is 1. The lowest BCUT2D eigenvalue weighted by Gasteiger charge is -2.21. The number of carbonyl (C=O) groups is 1. The third-order valence-corrected chi connectivity index (χ3v) is 8.05. The normalized spacial score (nSPS) is 18.7. The lowest BCUT2D eigenvalue weighted by Crippen LogP contribution is -2.32. The number of methoxy groups -OCH3 is 1. The molecular weight excluding hydrogens is 412 g/mol. The molecule has 166 valence electrons. The van der Waals surface area contributed by atoms with Crippen molar-refractivity contribution in [1.82, 2.24) is 9.62 Å². The summed E-state index contributed by atoms with van der Waals surface area (Å²) in [5.41, 5.74) is 1.40. The number of benzene rings is 2. The van der Waals surface area contributed by atoms with Crippen molar-refractivity contribution in [2.75, 3.05) is 20.2 Å². The van der Waals surface area contributed by atoms with Crippen LogP contribution in [0, 0.1) is 5.92 Å². The molecule has 1 saturated heterocycles. The van der Waals surface area contributed by atoms with Crippen LogP contribution in [0.3, 0.4) is 0 Å². The molecule has 2 aromatic carbocycles. The Hall–Kier alpha value is -2.38. The number of hydrogen-bond acceptors (Lipinski definition) is 4. The van der Waals surface area contributed by atoms with E-state index in [4.69, 9.17) is 4.74 Å². The van der Waals surface area contributed by atoms with Gasteiger partial charge in [-0.2, -0.15) is 4.31 Å². The summed E-state index contributed by atoms with van der Waals surface area (Å²) in [4.78, 5) is 13.2. The number of carbonyl (C=O) groups excluding carboxylic acids is 1. The summed E-state index contributed by atoms with van der Waals surface area (Å²) in [6, 6.07) is 14.1. The Balaban J connectivity index is 1.53. The highest BCUT2D eigenvalue weighted by Crippen LogP contribution is 2.41. The zero-order chi connectivity index (χ0) is 21.8. The van der Waals surface area contributed by atoms with Gasteiger partial charge in [0.05, 0.1) is 18.0 Å². The molecule has 7 heteroatoms. The molecule has 1 aliphatic carbocycles. The van der Waals surface area contributed by atoms with Gasteiger partial charge in [0.15, 0.2) is 0 Å². The molecular formula is C24H30N2O4S. The second kappa shape index (κ2) is 9.40. The predicted octanol–water partition coefficient (Wildman–Crippen LogP) is 4.14. The number of nitrogens with zero attached hydrogens (tertiary/aromatic N) is 1. The van der Waals surface area contributed by atoms with Crippen LogP contribution in [0.4, 0.5) is 0 Å². The molecule has 4 rings (SSSR count). The molecule has 1 amide bonds. The van der Waals surface area contributed by atoms with Gasteiger partial charge in [0.2, 0.25) is 10.0 Å². The van der Waals surface area contributed by atoms with Crippen LogP contribution in [0.5, 0.6) is 5.75 Å². The zero-order valence-electron chi connectivity index (χ0n) is 17.9. The number of nitrogens with one attached hydrogen (secondary N) is 1. The van der Waals surface area contributed by atoms with Crippen LogP contribution in [-0.2, 0) is 10.0 Å². The molecule has 6 nitrogen and oxygen atoms in total. The Morgan fingerprint density at radius 2 is 1.71 bits per heavy atom. The van der Waals surface area contributed by atoms with Crippen LogP contribution < -0.4 is 10.1 Å². The summed E-state index contributed by atoms with van der Waals surface area (Å²) in [6.07, 6.45) is 6.01. The van der Waals surface area contributed by atoms with E-state index in [1.807, 2.05) is 24.3 Å². The number of amides is 1. The van der Waals surface area contributed by atoms with E-state index in [0.717, 1.165) is 49.8 Å². The fraction of sp³-hybridized carbons (Fsp3) is 0.458. The maximum Gasteiger partial charge on any atom is 0.251 e. The van der Waals surface area contributed by atoms with E-state index in [1.165, 1.54) is 6.07 Å². The van der Waals surface area contributed by atoms with Crippen molar-refractivity contribution >= 4 is 15.9 Å². The third-order valence-electron chi connectivity index (χ3n) is 6.15. The first-order chi connectivity index (χ1) is 15.0. The first-order valence-corrected chi connectivity index (χ1v) is 12.5. The molecule has 0 spiro atoms. The fourth-order valence-electron chi connectivity index (χ4n) is 4.17. The Labute approximate surface area is 184 Å². The lowest BCUT2D eigenvalue weighted by atomic mass is 10.0. The van der Waals surface area contributed by atoms with Crippen molar-refractivity contribution < 1.29 is 17.9 Å². The van der Waals surface area contributed by atoms with Crippen LogP contribution in [0.25, 0.3) is 0 Å². The Morgan fingerprint density at radius 1 is 1.03 bits per heavy atom. The number of ether oxygens (including phenoxy) is 1. The largest absolute Gasteiger partial charge is 0.497 e. The summed E-state index contributed by atoms with van der Waals surface area (Å²) in [5, 5.41) is 3.13. The molecule has 0 radical (unpaired) electrons. The van der Waals surface area contributed by atoms with Crippen LogP contribution in [0.15, 0.2) is 53.4 Å². The maximum absolute atomic E-state index is 13.1. The highest BCUT2D eigenvalue weighted by molar-refractivity contribution is 7.89. The second-order valence-corrected chi connectivity index (χ2v) is 10.3. The molecule has 2 aliphatic rings. The Kier molecular flexibility index (Phi) is 6.62. The molecule has 1 atom stereocenters. The van der Waals surface area contributed by atoms with Gasteiger partial charge in [-0.05, 0) is 67.5 Å². The van der Waals surface area contributed by atoms with Gasteiger partial charge in [-0.3, -0.25) is 4.79 Å². The van der Waals surface area contributed by atoms with Crippen LogP contribution in [0.2, 0.25) is 0 Å². The standard InChI is InChI=1S/C24H30N2O4S/c1-30-21-13-11-19(12-14-21)23(18-9-10-18)25-24(27)20-7-6-8-22(17-20)31(28,29)26-15-4-2-3-5-16-26/h6-8,11-14,17-18,23H,2-5,9-10,15-16H2,1H3,(H,25,27). The quantitative estimate of drug-likeness (QED) is 0.699. The smallest absolute Gasteiger partial charge is 0.251 e. The van der Waals surface area contributed by atoms with Gasteiger partial charge in [-0.25, -0.2) is 8.42 Å². The van der Waals surface area contributed by atoms with E-state index in [-0.39, 0.29) is 16.8 Å². The molecule has 1 heterocycles. The fourth-order valence-corrected chi connectivity index (χ4v) is 5.73. The third kappa shape index (κ3) is 5.10. The van der Waals surface area contributed by atoms with Gasteiger partial charge >= 0.3 is 0 Å². The van der Waals surface area contributed by atoms with E-state index in [1.54, 1.807) is 29.6 Å². The van der Waals surface area contributed by atoms with E-state index in [2.05, 4.69) is 5.32 Å². The molecule has 1 saturated carbocycles. The first-order valence-electron chi connectivity index (χ1n) is 11.0. The summed E-state index contributed by atoms with van der Waals surface area (Å²) in [7, 11) is -1.97. The van der Waals surface area contributed by atoms with E-state index >= 15 is 0 Å². The summed E-state index contributed by atoms with van der Waals surface area (Å²) >= 11 is 0. The molecule has 1 N–H and O–H groups in total. The van der Waals surface area contributed by atoms with Crippen LogP contribution in [-0.4, -0.2) is 38.8 Å². The molecule has 31 heavy (non-hydrogen) atoms. The Morgan fingerprint density at radius 3 is 2.32 bits per heavy atom. The van der Waals surface area contributed by atoms with E-state index in [9.17, 15) is 13.2 Å². The van der Waals surface area contributed by atoms with Crippen LogP contribution >= 0.6 is 0 Å². The highest BCUT2D eigenvalue weighted by Gasteiger charge is 2.34. The van der Waals surface area contributed by atoms with Crippen molar-refractivity contribution in [1.29, 1.82) is 0 Å². The van der Waals surface area contributed by atoms with Gasteiger partial charge in [0.25, 0.3) is 5.91 Å². The zero-order valence-corrected chi connectivity index (χ0v) is 18.7. The van der Waals surface area contributed by atoms with Crippen molar-refractivity contribution in [2.45, 2.75) is 49.5 Å². The topological polar surface area (TPSA) is 75.7 Å². The SMILES string of the molecule is COc1ccc(C(NC(=O)c2cccc(S(=O)(=O)N3CCCCCC3)c2)C2CC2)cc1. The molecule has 2 aromatic rings. The minimum Gasteiger partial charge on any atom is -0.497 e. The summed E-state index contributed by atoms with van der Waals surface area (Å²) in [6.45, 7) is 1.08. The molecule has 1 unspecified atom stereocenters. The predicted molar refractivity (Wildman–Crippen MR) is 120 cm³/mol. The monoisotopic (exact) mass is 442 g/mol. The van der Waals surface area contributed by atoms with E-state index in [0.29, 0.717) is 24.6 Å². The molecule has 0 aromatic heterocycles. The van der Waals surface area contributed by atoms with Crippen LogP contribution in [0.1, 0.15) is 60.5 Å². The van der Waals surface area contributed by atoms with E-state index < -0.39 is 10.0 Å². The highest BCUT2D eigenvalue weighted by atomic mass is 32.2. The van der Waals surface area contributed by atoms with Gasteiger partial charge in [-0.15, -0.1) is 0 Å². The molecule has 0 bridgehead atoms. The summed E-state index contributed by atoms with van der Waals surface area (Å²) in [5.74, 6) is 0.929. The van der Waals surface area contributed by atoms with Gasteiger partial charge in [-0.1, -0.05) is 31.0 Å². The van der Waals surface area contributed by atoms with Gasteiger partial charge < -0.3 is 10.1 Å². The maximum atomic E-state index is 13.1. The van der Waals surface area contributed by atoms with Crippen molar-refractivity contribution in [3.05, 3.63) is 59.7 Å². The lowest BCUT2D eigenvalue weighted by molar-refractivity contribution is 0.0931. The van der Waals surface area contributed by atoms with Gasteiger partial charge in [0, 0.05) is 18.7 Å². The first kappa shape index (κ1) is 21.8. The number of rotatable bonds is 7. The van der Waals surface area contributed by atoms with Gasteiger partial charge in [0.1, 0.15) is 5.75 Å². The summed E-state index contributed by atoms with van der Waals surface area (Å²) < 4.78 is 33.0. The Bertz CT molecular complexity index is 1010.